The van der Waals surface area contributed by atoms with Crippen LogP contribution in [0.25, 0.3) is 0 Å². The summed E-state index contributed by atoms with van der Waals surface area (Å²) in [5.74, 6) is 1.33. The Kier molecular flexibility index (Phi) is 10.3. The fourth-order valence-corrected chi connectivity index (χ4v) is 3.53. The second-order valence-corrected chi connectivity index (χ2v) is 7.14. The van der Waals surface area contributed by atoms with E-state index in [9.17, 15) is 4.39 Å². The number of aliphatic imine (C=N–C) groups is 1. The molecule has 1 aliphatic heterocycles. The van der Waals surface area contributed by atoms with E-state index in [-0.39, 0.29) is 29.8 Å². The van der Waals surface area contributed by atoms with Crippen molar-refractivity contribution in [2.24, 2.45) is 10.9 Å². The number of hydrogen-bond donors (Lipinski definition) is 1. The molecule has 1 aliphatic rings. The SMILES string of the molecule is CCN(CC)CC1CCN(C(=NC)NCc2ccc(Br)cc2F)C1.I. The largest absolute Gasteiger partial charge is 0.352 e. The fraction of sp³-hybridized carbons (Fsp3) is 0.611. The average Bonchev–Trinajstić information content (AvgIpc) is 3.03. The summed E-state index contributed by atoms with van der Waals surface area (Å²) in [5.41, 5.74) is 0.651. The van der Waals surface area contributed by atoms with Crippen LogP contribution in [0.1, 0.15) is 25.8 Å². The van der Waals surface area contributed by atoms with Crippen LogP contribution in [0.4, 0.5) is 4.39 Å². The van der Waals surface area contributed by atoms with Gasteiger partial charge in [0, 0.05) is 43.3 Å². The van der Waals surface area contributed by atoms with Gasteiger partial charge >= 0.3 is 0 Å². The van der Waals surface area contributed by atoms with Gasteiger partial charge in [-0.15, -0.1) is 24.0 Å². The number of nitrogens with zero attached hydrogens (tertiary/aromatic N) is 3. The van der Waals surface area contributed by atoms with E-state index in [1.165, 1.54) is 12.5 Å². The summed E-state index contributed by atoms with van der Waals surface area (Å²) in [7, 11) is 1.79. The molecule has 0 bridgehead atoms. The van der Waals surface area contributed by atoms with E-state index < -0.39 is 0 Å². The minimum Gasteiger partial charge on any atom is -0.352 e. The molecule has 1 heterocycles. The standard InChI is InChI=1S/C18H28BrFN4.HI/c1-4-23(5-2)12-14-8-9-24(13-14)18(21-3)22-11-15-6-7-16(19)10-17(15)20;/h6-7,10,14H,4-5,8-9,11-13H2,1-3H3,(H,21,22);1H. The van der Waals surface area contributed by atoms with Gasteiger partial charge in [0.1, 0.15) is 5.82 Å². The van der Waals surface area contributed by atoms with Crippen molar-refractivity contribution in [2.75, 3.05) is 39.8 Å². The molecule has 1 aromatic rings. The molecule has 142 valence electrons. The van der Waals surface area contributed by atoms with E-state index in [1.54, 1.807) is 13.1 Å². The first-order valence-corrected chi connectivity index (χ1v) is 9.48. The highest BCUT2D eigenvalue weighted by Gasteiger charge is 2.25. The van der Waals surface area contributed by atoms with Gasteiger partial charge in [-0.25, -0.2) is 4.39 Å². The molecule has 1 unspecified atom stereocenters. The minimum atomic E-state index is -0.201. The molecule has 1 atom stereocenters. The van der Waals surface area contributed by atoms with Gasteiger partial charge in [0.05, 0.1) is 0 Å². The summed E-state index contributed by atoms with van der Waals surface area (Å²) in [6, 6.07) is 5.15. The number of likely N-dealkylation sites (tertiary alicyclic amines) is 1. The third-order valence-electron chi connectivity index (χ3n) is 4.66. The number of guanidine groups is 1. The number of benzene rings is 1. The molecule has 25 heavy (non-hydrogen) atoms. The molecule has 0 spiro atoms. The molecular weight excluding hydrogens is 498 g/mol. The minimum absolute atomic E-state index is 0. The van der Waals surface area contributed by atoms with Crippen LogP contribution < -0.4 is 5.32 Å². The van der Waals surface area contributed by atoms with Crippen LogP contribution in [0.2, 0.25) is 0 Å². The second kappa shape index (κ2) is 11.3. The van der Waals surface area contributed by atoms with Crippen LogP contribution in [0, 0.1) is 11.7 Å². The monoisotopic (exact) mass is 526 g/mol. The number of hydrogen-bond acceptors (Lipinski definition) is 2. The first kappa shape index (κ1) is 22.6. The van der Waals surface area contributed by atoms with Crippen LogP contribution in [-0.2, 0) is 6.54 Å². The first-order valence-electron chi connectivity index (χ1n) is 8.69. The van der Waals surface area contributed by atoms with Crippen LogP contribution in [0.3, 0.4) is 0 Å². The lowest BCUT2D eigenvalue weighted by Gasteiger charge is -2.24. The van der Waals surface area contributed by atoms with Crippen LogP contribution in [-0.4, -0.2) is 55.5 Å². The van der Waals surface area contributed by atoms with Gasteiger partial charge in [0.25, 0.3) is 0 Å². The summed E-state index contributed by atoms with van der Waals surface area (Å²) in [4.78, 5) is 9.13. The maximum Gasteiger partial charge on any atom is 0.193 e. The van der Waals surface area contributed by atoms with Gasteiger partial charge in [-0.05, 0) is 37.6 Å². The fourth-order valence-electron chi connectivity index (χ4n) is 3.19. The quantitative estimate of drug-likeness (QED) is 0.346. The Bertz CT molecular complexity index is 566. The van der Waals surface area contributed by atoms with Gasteiger partial charge in [0.15, 0.2) is 5.96 Å². The van der Waals surface area contributed by atoms with Gasteiger partial charge in [-0.2, -0.15) is 0 Å². The zero-order valence-corrected chi connectivity index (χ0v) is 19.2. The molecule has 1 aromatic carbocycles. The summed E-state index contributed by atoms with van der Waals surface area (Å²) < 4.78 is 14.7. The van der Waals surface area contributed by atoms with Crippen LogP contribution in [0.5, 0.6) is 0 Å². The number of halogens is 3. The Morgan fingerprint density at radius 1 is 1.40 bits per heavy atom. The van der Waals surface area contributed by atoms with Gasteiger partial charge in [0.2, 0.25) is 0 Å². The number of nitrogens with one attached hydrogen (secondary N) is 1. The molecule has 0 amide bonds. The van der Waals surface area contributed by atoms with Crippen molar-refractivity contribution in [3.8, 4) is 0 Å². The van der Waals surface area contributed by atoms with Gasteiger partial charge < -0.3 is 15.1 Å². The Balaban J connectivity index is 0.00000312. The van der Waals surface area contributed by atoms with Crippen molar-refractivity contribution in [3.63, 3.8) is 0 Å². The third kappa shape index (κ3) is 6.67. The van der Waals surface area contributed by atoms with E-state index in [0.29, 0.717) is 18.0 Å². The highest BCUT2D eigenvalue weighted by Crippen LogP contribution is 2.18. The zero-order chi connectivity index (χ0) is 17.5. The van der Waals surface area contributed by atoms with E-state index in [4.69, 9.17) is 0 Å². The second-order valence-electron chi connectivity index (χ2n) is 6.22. The van der Waals surface area contributed by atoms with Crippen molar-refractivity contribution in [2.45, 2.75) is 26.8 Å². The molecule has 1 N–H and O–H groups in total. The lowest BCUT2D eigenvalue weighted by atomic mass is 10.1. The van der Waals surface area contributed by atoms with Crippen molar-refractivity contribution in [1.29, 1.82) is 0 Å². The van der Waals surface area contributed by atoms with E-state index in [1.807, 2.05) is 6.07 Å². The predicted molar refractivity (Wildman–Crippen MR) is 117 cm³/mol. The molecule has 0 aliphatic carbocycles. The summed E-state index contributed by atoms with van der Waals surface area (Å²) in [6.07, 6.45) is 1.18. The Morgan fingerprint density at radius 3 is 2.72 bits per heavy atom. The smallest absolute Gasteiger partial charge is 0.193 e. The molecular formula is C18H29BrFIN4. The van der Waals surface area contributed by atoms with E-state index in [2.05, 4.69) is 49.9 Å². The normalized spacial score (nSPS) is 17.8. The van der Waals surface area contributed by atoms with Crippen molar-refractivity contribution < 1.29 is 4.39 Å². The Labute approximate surface area is 176 Å². The lowest BCUT2D eigenvalue weighted by molar-refractivity contribution is 0.255. The highest BCUT2D eigenvalue weighted by atomic mass is 127. The Morgan fingerprint density at radius 2 is 2.12 bits per heavy atom. The molecule has 2 rings (SSSR count). The highest BCUT2D eigenvalue weighted by molar-refractivity contribution is 14.0. The van der Waals surface area contributed by atoms with E-state index in [0.717, 1.165) is 43.2 Å². The zero-order valence-electron chi connectivity index (χ0n) is 15.3. The molecule has 0 radical (unpaired) electrons. The predicted octanol–water partition coefficient (Wildman–Crippen LogP) is 3.95. The van der Waals surface area contributed by atoms with Gasteiger partial charge in [-0.1, -0.05) is 35.8 Å². The molecule has 1 fully saturated rings. The van der Waals surface area contributed by atoms with E-state index >= 15 is 0 Å². The lowest BCUT2D eigenvalue weighted by Crippen LogP contribution is -2.40. The topological polar surface area (TPSA) is 30.9 Å². The van der Waals surface area contributed by atoms with Crippen LogP contribution in [0.15, 0.2) is 27.7 Å². The molecule has 0 saturated carbocycles. The van der Waals surface area contributed by atoms with Crippen molar-refractivity contribution in [3.05, 3.63) is 34.1 Å². The first-order chi connectivity index (χ1) is 11.6. The Hall–Kier alpha value is -0.410. The van der Waals surface area contributed by atoms with Crippen LogP contribution >= 0.6 is 39.9 Å². The molecule has 0 aromatic heterocycles. The summed E-state index contributed by atoms with van der Waals surface area (Å²) >= 11 is 3.29. The number of rotatable bonds is 6. The molecule has 4 nitrogen and oxygen atoms in total. The summed E-state index contributed by atoms with van der Waals surface area (Å²) in [5, 5.41) is 3.30. The molecule has 1 saturated heterocycles. The maximum atomic E-state index is 13.9. The van der Waals surface area contributed by atoms with Crippen molar-refractivity contribution >= 4 is 45.9 Å². The average molecular weight is 527 g/mol. The summed E-state index contributed by atoms with van der Waals surface area (Å²) in [6.45, 7) is 10.2. The van der Waals surface area contributed by atoms with Gasteiger partial charge in [-0.3, -0.25) is 4.99 Å². The van der Waals surface area contributed by atoms with Crippen molar-refractivity contribution in [1.82, 2.24) is 15.1 Å². The maximum absolute atomic E-state index is 13.9. The molecule has 7 heteroatoms. The third-order valence-corrected chi connectivity index (χ3v) is 5.15.